The van der Waals surface area contributed by atoms with Crippen LogP contribution >= 0.6 is 15.9 Å². The number of halogens is 1. The first kappa shape index (κ1) is 10.7. The Labute approximate surface area is 99.9 Å². The number of rotatable bonds is 2. The molecule has 0 N–H and O–H groups in total. The Morgan fingerprint density at radius 3 is 3.07 bits per heavy atom. The molecule has 15 heavy (non-hydrogen) atoms. The molecule has 0 aliphatic carbocycles. The second-order valence-electron chi connectivity index (χ2n) is 4.18. The molecule has 0 fully saturated rings. The third-order valence-corrected chi connectivity index (χ3v) is 3.74. The zero-order valence-corrected chi connectivity index (χ0v) is 10.8. The Bertz CT molecular complexity index is 396. The molecule has 0 bridgehead atoms. The van der Waals surface area contributed by atoms with Gasteiger partial charge in [-0.25, -0.2) is 0 Å². The van der Waals surface area contributed by atoms with Gasteiger partial charge in [-0.3, -0.25) is 0 Å². The third-order valence-electron chi connectivity index (χ3n) is 2.86. The van der Waals surface area contributed by atoms with E-state index in [9.17, 15) is 0 Å². The maximum Gasteiger partial charge on any atom is 0.0397 e. The van der Waals surface area contributed by atoms with E-state index in [1.54, 1.807) is 0 Å². The summed E-state index contributed by atoms with van der Waals surface area (Å²) in [7, 11) is 2.16. The average molecular weight is 266 g/mol. The van der Waals surface area contributed by atoms with Crippen LogP contribution in [0.3, 0.4) is 0 Å². The van der Waals surface area contributed by atoms with Crippen LogP contribution in [0.4, 0.5) is 5.69 Å². The topological polar surface area (TPSA) is 3.24 Å². The van der Waals surface area contributed by atoms with Crippen LogP contribution in [0.2, 0.25) is 0 Å². The highest BCUT2D eigenvalue weighted by Gasteiger charge is 2.14. The van der Waals surface area contributed by atoms with Crippen LogP contribution in [0.15, 0.2) is 23.8 Å². The van der Waals surface area contributed by atoms with Crippen molar-refractivity contribution < 1.29 is 0 Å². The molecule has 0 amide bonds. The van der Waals surface area contributed by atoms with Crippen LogP contribution in [0, 0.1) is 0 Å². The van der Waals surface area contributed by atoms with Crippen molar-refractivity contribution in [2.24, 2.45) is 0 Å². The van der Waals surface area contributed by atoms with Gasteiger partial charge in [-0.15, -0.1) is 0 Å². The summed E-state index contributed by atoms with van der Waals surface area (Å²) < 4.78 is 0. The van der Waals surface area contributed by atoms with Gasteiger partial charge in [-0.2, -0.15) is 0 Å². The molecule has 0 radical (unpaired) electrons. The standard InChI is InChI=1S/C13H16BrN/c1-10(9-14)7-11-3-4-13-12(8-11)5-6-15(13)2/h3-4,7-8H,5-6,9H2,1-2H3/b10-7-. The maximum absolute atomic E-state index is 3.47. The molecule has 0 aromatic heterocycles. The van der Waals surface area contributed by atoms with E-state index in [1.165, 1.54) is 28.8 Å². The Balaban J connectivity index is 2.31. The molecule has 1 nitrogen and oxygen atoms in total. The van der Waals surface area contributed by atoms with Gasteiger partial charge >= 0.3 is 0 Å². The first-order valence-electron chi connectivity index (χ1n) is 5.28. The molecular formula is C13H16BrN. The minimum absolute atomic E-state index is 0.948. The van der Waals surface area contributed by atoms with E-state index in [-0.39, 0.29) is 0 Å². The fourth-order valence-corrected chi connectivity index (χ4v) is 2.16. The second kappa shape index (κ2) is 4.40. The van der Waals surface area contributed by atoms with Crippen molar-refractivity contribution in [3.05, 3.63) is 34.9 Å². The number of anilines is 1. The zero-order valence-electron chi connectivity index (χ0n) is 9.26. The van der Waals surface area contributed by atoms with Crippen molar-refractivity contribution in [3.8, 4) is 0 Å². The summed E-state index contributed by atoms with van der Waals surface area (Å²) in [6.45, 7) is 3.30. The van der Waals surface area contributed by atoms with E-state index >= 15 is 0 Å². The van der Waals surface area contributed by atoms with Crippen molar-refractivity contribution in [1.82, 2.24) is 0 Å². The van der Waals surface area contributed by atoms with E-state index < -0.39 is 0 Å². The van der Waals surface area contributed by atoms with E-state index in [0.717, 1.165) is 11.9 Å². The molecule has 1 aromatic carbocycles. The van der Waals surface area contributed by atoms with Gasteiger partial charge < -0.3 is 4.90 Å². The van der Waals surface area contributed by atoms with Crippen molar-refractivity contribution in [2.75, 3.05) is 23.8 Å². The Morgan fingerprint density at radius 2 is 2.33 bits per heavy atom. The van der Waals surface area contributed by atoms with E-state index in [4.69, 9.17) is 0 Å². The van der Waals surface area contributed by atoms with Crippen molar-refractivity contribution in [3.63, 3.8) is 0 Å². The summed E-state index contributed by atoms with van der Waals surface area (Å²) in [4.78, 5) is 2.32. The molecule has 1 heterocycles. The first-order chi connectivity index (χ1) is 7.20. The summed E-state index contributed by atoms with van der Waals surface area (Å²) >= 11 is 3.47. The predicted octanol–water partition coefficient (Wildman–Crippen LogP) is 3.48. The Hall–Kier alpha value is -0.760. The number of benzene rings is 1. The highest BCUT2D eigenvalue weighted by molar-refractivity contribution is 9.09. The van der Waals surface area contributed by atoms with Gasteiger partial charge in [0.05, 0.1) is 0 Å². The van der Waals surface area contributed by atoms with Crippen LogP contribution in [0.25, 0.3) is 6.08 Å². The monoisotopic (exact) mass is 265 g/mol. The average Bonchev–Trinajstić information content (AvgIpc) is 2.60. The van der Waals surface area contributed by atoms with Gasteiger partial charge in [0.15, 0.2) is 0 Å². The Morgan fingerprint density at radius 1 is 1.53 bits per heavy atom. The minimum atomic E-state index is 0.948. The molecule has 0 spiro atoms. The molecule has 2 rings (SSSR count). The summed E-state index contributed by atoms with van der Waals surface area (Å²) in [5, 5.41) is 0.948. The number of fused-ring (bicyclic) bond motifs is 1. The van der Waals surface area contributed by atoms with Crippen molar-refractivity contribution in [2.45, 2.75) is 13.3 Å². The number of alkyl halides is 1. The van der Waals surface area contributed by atoms with Crippen LogP contribution in [-0.4, -0.2) is 18.9 Å². The Kier molecular flexibility index (Phi) is 3.15. The fraction of sp³-hybridized carbons (Fsp3) is 0.385. The van der Waals surface area contributed by atoms with Crippen LogP contribution < -0.4 is 4.90 Å². The molecule has 0 saturated heterocycles. The normalized spacial score (nSPS) is 15.7. The van der Waals surface area contributed by atoms with E-state index in [2.05, 4.69) is 59.1 Å². The van der Waals surface area contributed by atoms with Crippen LogP contribution in [0.5, 0.6) is 0 Å². The van der Waals surface area contributed by atoms with Crippen molar-refractivity contribution in [1.29, 1.82) is 0 Å². The molecule has 0 saturated carbocycles. The van der Waals surface area contributed by atoms with E-state index in [1.807, 2.05) is 0 Å². The lowest BCUT2D eigenvalue weighted by Crippen LogP contribution is -2.12. The highest BCUT2D eigenvalue weighted by Crippen LogP contribution is 2.28. The predicted molar refractivity (Wildman–Crippen MR) is 70.9 cm³/mol. The quantitative estimate of drug-likeness (QED) is 0.741. The number of allylic oxidation sites excluding steroid dienone is 1. The smallest absolute Gasteiger partial charge is 0.0397 e. The second-order valence-corrected chi connectivity index (χ2v) is 4.74. The van der Waals surface area contributed by atoms with Gasteiger partial charge in [-0.1, -0.05) is 33.6 Å². The molecule has 0 unspecified atom stereocenters. The van der Waals surface area contributed by atoms with Gasteiger partial charge in [0.2, 0.25) is 0 Å². The minimum Gasteiger partial charge on any atom is -0.374 e. The number of hydrogen-bond donors (Lipinski definition) is 0. The van der Waals surface area contributed by atoms with Gasteiger partial charge in [0.1, 0.15) is 0 Å². The molecule has 1 aliphatic heterocycles. The summed E-state index contributed by atoms with van der Waals surface area (Å²) in [5.74, 6) is 0. The van der Waals surface area contributed by atoms with Gasteiger partial charge in [-0.05, 0) is 36.6 Å². The molecule has 80 valence electrons. The van der Waals surface area contributed by atoms with Crippen molar-refractivity contribution >= 4 is 27.7 Å². The molecule has 1 aromatic rings. The largest absolute Gasteiger partial charge is 0.374 e. The lowest BCUT2D eigenvalue weighted by atomic mass is 10.1. The number of nitrogens with zero attached hydrogens (tertiary/aromatic N) is 1. The molecular weight excluding hydrogens is 250 g/mol. The highest BCUT2D eigenvalue weighted by atomic mass is 79.9. The summed E-state index contributed by atoms with van der Waals surface area (Å²) in [6, 6.07) is 6.74. The van der Waals surface area contributed by atoms with Gasteiger partial charge in [0.25, 0.3) is 0 Å². The SMILES string of the molecule is C/C(=C/c1ccc2c(c1)CCN2C)CBr. The molecule has 1 aliphatic rings. The fourth-order valence-electron chi connectivity index (χ4n) is 2.00. The lowest BCUT2D eigenvalue weighted by Gasteiger charge is -2.11. The maximum atomic E-state index is 3.47. The lowest BCUT2D eigenvalue weighted by molar-refractivity contribution is 0.956. The number of hydrogen-bond acceptors (Lipinski definition) is 1. The molecule has 2 heteroatoms. The van der Waals surface area contributed by atoms with Gasteiger partial charge in [0, 0.05) is 24.6 Å². The van der Waals surface area contributed by atoms with Crippen LogP contribution in [-0.2, 0) is 6.42 Å². The van der Waals surface area contributed by atoms with E-state index in [0.29, 0.717) is 0 Å². The third kappa shape index (κ3) is 2.25. The summed E-state index contributed by atoms with van der Waals surface area (Å²) in [6.07, 6.45) is 3.42. The zero-order chi connectivity index (χ0) is 10.8. The molecule has 0 atom stereocenters. The summed E-state index contributed by atoms with van der Waals surface area (Å²) in [5.41, 5.74) is 5.56. The first-order valence-corrected chi connectivity index (χ1v) is 6.40. The number of likely N-dealkylation sites (N-methyl/N-ethyl adjacent to an activating group) is 1. The van der Waals surface area contributed by atoms with Crippen LogP contribution in [0.1, 0.15) is 18.1 Å².